The van der Waals surface area contributed by atoms with Gasteiger partial charge in [0.2, 0.25) is 0 Å². The Kier molecular flexibility index (Phi) is 4.07. The third-order valence-corrected chi connectivity index (χ3v) is 8.32. The average Bonchev–Trinajstić information content (AvgIpc) is 2.92. The van der Waals surface area contributed by atoms with Crippen molar-refractivity contribution in [2.45, 2.75) is 57.5 Å². The number of hydrogen-bond acceptors (Lipinski definition) is 4. The van der Waals surface area contributed by atoms with Crippen molar-refractivity contribution in [1.82, 2.24) is 0 Å². The fourth-order valence-electron chi connectivity index (χ4n) is 6.73. The van der Waals surface area contributed by atoms with Gasteiger partial charge in [0, 0.05) is 16.7 Å². The molecule has 6 heteroatoms. The van der Waals surface area contributed by atoms with Crippen molar-refractivity contribution < 1.29 is 28.6 Å². The van der Waals surface area contributed by atoms with Gasteiger partial charge >= 0.3 is 0 Å². The molecular formula is C21H26F2O4. The number of ketones is 2. The van der Waals surface area contributed by atoms with Crippen LogP contribution in [0.1, 0.15) is 39.5 Å². The summed E-state index contributed by atoms with van der Waals surface area (Å²) < 4.78 is 30.5. The van der Waals surface area contributed by atoms with E-state index in [4.69, 9.17) is 0 Å². The lowest BCUT2D eigenvalue weighted by Gasteiger charge is -2.59. The number of carbonyl (C=O) groups is 2. The Hall–Kier alpha value is -1.40. The predicted octanol–water partition coefficient (Wildman–Crippen LogP) is 2.48. The van der Waals surface area contributed by atoms with E-state index in [1.807, 2.05) is 6.92 Å². The summed E-state index contributed by atoms with van der Waals surface area (Å²) in [6, 6.07) is 0. The molecule has 0 amide bonds. The molecule has 2 N–H and O–H groups in total. The Bertz CT molecular complexity index is 761. The molecule has 3 saturated carbocycles. The standard InChI is InChI=1S/C21H26F2O4/c1-19-6-3-11(25)9-14(19)17(22)18(23)16-12(19)4-7-20(2)13(16)5-8-21(20,27)15(26)10-24/h3,6,9,12-13,16-18,24,27H,4-5,7-8,10H2,1-2H3/t12-,13-,16+,17-,18-,19+,20-,21-/m0/s1. The summed E-state index contributed by atoms with van der Waals surface area (Å²) in [5.74, 6) is -2.14. The number of alkyl halides is 2. The summed E-state index contributed by atoms with van der Waals surface area (Å²) >= 11 is 0. The van der Waals surface area contributed by atoms with E-state index >= 15 is 8.78 Å². The molecule has 4 aliphatic carbocycles. The average molecular weight is 380 g/mol. The first-order valence-corrected chi connectivity index (χ1v) is 9.70. The normalized spacial score (nSPS) is 51.3. The summed E-state index contributed by atoms with van der Waals surface area (Å²) in [6.45, 7) is 2.88. The van der Waals surface area contributed by atoms with E-state index in [0.29, 0.717) is 19.3 Å². The highest BCUT2D eigenvalue weighted by Crippen LogP contribution is 2.67. The van der Waals surface area contributed by atoms with Gasteiger partial charge in [-0.3, -0.25) is 9.59 Å². The second-order valence-corrected chi connectivity index (χ2v) is 9.19. The Morgan fingerprint density at radius 3 is 2.56 bits per heavy atom. The van der Waals surface area contributed by atoms with Crippen molar-refractivity contribution >= 4 is 11.6 Å². The van der Waals surface area contributed by atoms with Crippen LogP contribution in [0.3, 0.4) is 0 Å². The molecule has 0 heterocycles. The maximum atomic E-state index is 15.4. The van der Waals surface area contributed by atoms with E-state index < -0.39 is 47.1 Å². The van der Waals surface area contributed by atoms with E-state index in [1.54, 1.807) is 13.0 Å². The van der Waals surface area contributed by atoms with Crippen molar-refractivity contribution in [2.75, 3.05) is 6.61 Å². The van der Waals surface area contributed by atoms with Gasteiger partial charge in [0.1, 0.15) is 18.4 Å². The first kappa shape index (κ1) is 18.9. The van der Waals surface area contributed by atoms with Gasteiger partial charge in [0.05, 0.1) is 0 Å². The molecular weight excluding hydrogens is 354 g/mol. The highest BCUT2D eigenvalue weighted by atomic mass is 19.2. The minimum atomic E-state index is -1.87. The maximum Gasteiger partial charge on any atom is 0.190 e. The Morgan fingerprint density at radius 2 is 1.89 bits per heavy atom. The molecule has 27 heavy (non-hydrogen) atoms. The largest absolute Gasteiger partial charge is 0.388 e. The number of Topliss-reactive ketones (excluding diaryl/α,β-unsaturated/α-hetero) is 1. The van der Waals surface area contributed by atoms with Gasteiger partial charge in [0.15, 0.2) is 17.7 Å². The maximum absolute atomic E-state index is 15.4. The molecule has 0 radical (unpaired) electrons. The van der Waals surface area contributed by atoms with E-state index in [9.17, 15) is 19.8 Å². The van der Waals surface area contributed by atoms with Crippen LogP contribution in [0.15, 0.2) is 23.8 Å². The number of rotatable bonds is 2. The molecule has 4 nitrogen and oxygen atoms in total. The zero-order valence-electron chi connectivity index (χ0n) is 15.6. The van der Waals surface area contributed by atoms with Gasteiger partial charge < -0.3 is 10.2 Å². The van der Waals surface area contributed by atoms with Gasteiger partial charge in [-0.15, -0.1) is 0 Å². The van der Waals surface area contributed by atoms with Crippen LogP contribution in [0, 0.1) is 28.6 Å². The summed E-state index contributed by atoms with van der Waals surface area (Å²) in [6.07, 6.45) is 2.34. The topological polar surface area (TPSA) is 74.6 Å². The van der Waals surface area contributed by atoms with Gasteiger partial charge in [-0.05, 0) is 55.2 Å². The molecule has 8 atom stereocenters. The number of allylic oxidation sites excluding steroid dienone is 4. The van der Waals surface area contributed by atoms with Gasteiger partial charge in [-0.25, -0.2) is 8.78 Å². The first-order valence-electron chi connectivity index (χ1n) is 9.70. The van der Waals surface area contributed by atoms with Crippen LogP contribution in [-0.2, 0) is 9.59 Å². The third-order valence-electron chi connectivity index (χ3n) is 8.32. The number of aliphatic hydroxyl groups is 2. The lowest BCUT2D eigenvalue weighted by atomic mass is 9.46. The van der Waals surface area contributed by atoms with Crippen molar-refractivity contribution in [3.8, 4) is 0 Å². The molecule has 0 spiro atoms. The quantitative estimate of drug-likeness (QED) is 0.772. The lowest BCUT2D eigenvalue weighted by Crippen LogP contribution is -2.61. The predicted molar refractivity (Wildman–Crippen MR) is 94.2 cm³/mol. The third kappa shape index (κ3) is 2.20. The smallest absolute Gasteiger partial charge is 0.190 e. The van der Waals surface area contributed by atoms with Crippen LogP contribution < -0.4 is 0 Å². The van der Waals surface area contributed by atoms with Gasteiger partial charge in [0.25, 0.3) is 0 Å². The minimum Gasteiger partial charge on any atom is -0.388 e. The lowest BCUT2D eigenvalue weighted by molar-refractivity contribution is -0.169. The molecule has 148 valence electrons. The summed E-state index contributed by atoms with van der Waals surface area (Å²) in [5, 5.41) is 20.4. The van der Waals surface area contributed by atoms with Crippen LogP contribution in [0.25, 0.3) is 0 Å². The number of fused-ring (bicyclic) bond motifs is 5. The highest BCUT2D eigenvalue weighted by molar-refractivity contribution is 6.01. The fraction of sp³-hybridized carbons (Fsp3) is 0.714. The molecule has 0 aromatic carbocycles. The molecule has 0 aromatic rings. The summed E-state index contributed by atoms with van der Waals surface area (Å²) in [5.41, 5.74) is -3.10. The summed E-state index contributed by atoms with van der Waals surface area (Å²) in [7, 11) is 0. The second-order valence-electron chi connectivity index (χ2n) is 9.19. The zero-order chi connectivity index (χ0) is 19.8. The Balaban J connectivity index is 1.78. The van der Waals surface area contributed by atoms with Crippen LogP contribution in [0.5, 0.6) is 0 Å². The second kappa shape index (κ2) is 5.80. The number of carbonyl (C=O) groups excluding carboxylic acids is 2. The molecule has 0 aromatic heterocycles. The van der Waals surface area contributed by atoms with Crippen LogP contribution in [0.4, 0.5) is 8.78 Å². The number of hydrogen-bond donors (Lipinski definition) is 2. The van der Waals surface area contributed by atoms with Gasteiger partial charge in [-0.2, -0.15) is 0 Å². The molecule has 0 aliphatic heterocycles. The minimum absolute atomic E-state index is 0.161. The molecule has 0 saturated heterocycles. The van der Waals surface area contributed by atoms with E-state index in [0.717, 1.165) is 0 Å². The molecule has 4 rings (SSSR count). The Labute approximate surface area is 157 Å². The number of aliphatic hydroxyl groups excluding tert-OH is 1. The van der Waals surface area contributed by atoms with E-state index in [-0.39, 0.29) is 29.6 Å². The first-order chi connectivity index (χ1) is 12.6. The fourth-order valence-corrected chi connectivity index (χ4v) is 6.73. The van der Waals surface area contributed by atoms with Crippen molar-refractivity contribution in [2.24, 2.45) is 28.6 Å². The van der Waals surface area contributed by atoms with Gasteiger partial charge in [-0.1, -0.05) is 19.9 Å². The molecule has 0 unspecified atom stereocenters. The Morgan fingerprint density at radius 1 is 1.22 bits per heavy atom. The number of halogens is 2. The van der Waals surface area contributed by atoms with Crippen molar-refractivity contribution in [1.29, 1.82) is 0 Å². The monoisotopic (exact) mass is 380 g/mol. The van der Waals surface area contributed by atoms with E-state index in [2.05, 4.69) is 0 Å². The zero-order valence-corrected chi connectivity index (χ0v) is 15.6. The molecule has 3 fully saturated rings. The van der Waals surface area contributed by atoms with Crippen molar-refractivity contribution in [3.63, 3.8) is 0 Å². The van der Waals surface area contributed by atoms with E-state index in [1.165, 1.54) is 12.2 Å². The van der Waals surface area contributed by atoms with Crippen LogP contribution in [0.2, 0.25) is 0 Å². The summed E-state index contributed by atoms with van der Waals surface area (Å²) in [4.78, 5) is 24.1. The SMILES string of the molecule is C[C@]12C=CC(=O)C=C1[C@H](F)[C@@H](F)[C@@H]1[C@@H]2CC[C@@]2(C)[C@H]1CC[C@]2(O)C(=O)CO. The van der Waals surface area contributed by atoms with Crippen molar-refractivity contribution in [3.05, 3.63) is 23.8 Å². The van der Waals surface area contributed by atoms with Crippen LogP contribution >= 0.6 is 0 Å². The highest BCUT2D eigenvalue weighted by Gasteiger charge is 2.69. The van der Waals surface area contributed by atoms with Crippen LogP contribution in [-0.4, -0.2) is 46.3 Å². The molecule has 0 bridgehead atoms. The molecule has 4 aliphatic rings.